The molecule has 0 spiro atoms. The highest BCUT2D eigenvalue weighted by Gasteiger charge is 2.25. The van der Waals surface area contributed by atoms with Crippen molar-refractivity contribution in [2.75, 3.05) is 11.9 Å². The fraction of sp³-hybridized carbons (Fsp3) is 0.143. The SMILES string of the molecule is Cc1c(-c2ccccc2)cnc(C=C2Oc3ccccc3N2C)[n+]1C. The lowest BCUT2D eigenvalue weighted by Gasteiger charge is -2.10. The first-order chi connectivity index (χ1) is 12.1. The molecule has 0 atom stereocenters. The monoisotopic (exact) mass is 330 g/mol. The first kappa shape index (κ1) is 15.4. The maximum Gasteiger partial charge on any atom is 0.328 e. The molecule has 2 aromatic carbocycles. The van der Waals surface area contributed by atoms with Gasteiger partial charge in [-0.1, -0.05) is 42.5 Å². The molecule has 0 unspecified atom stereocenters. The molecule has 0 saturated carbocycles. The fourth-order valence-corrected chi connectivity index (χ4v) is 3.06. The van der Waals surface area contributed by atoms with E-state index in [1.54, 1.807) is 0 Å². The van der Waals surface area contributed by atoms with Crippen molar-refractivity contribution in [1.29, 1.82) is 0 Å². The molecule has 0 radical (unpaired) electrons. The average Bonchev–Trinajstić information content (AvgIpc) is 2.96. The van der Waals surface area contributed by atoms with Crippen LogP contribution in [0.1, 0.15) is 11.5 Å². The molecular formula is C21H20N3O+. The summed E-state index contributed by atoms with van der Waals surface area (Å²) in [5.74, 6) is 2.50. The highest BCUT2D eigenvalue weighted by molar-refractivity contribution is 5.69. The standard InChI is InChI=1S/C21H20N3O/c1-15-17(16-9-5-4-6-10-16)14-22-20(23(15)2)13-21-24(3)18-11-7-8-12-19(18)25-21/h4-14H,1-3H3/q+1. The van der Waals surface area contributed by atoms with Crippen LogP contribution >= 0.6 is 0 Å². The molecule has 124 valence electrons. The molecular weight excluding hydrogens is 310 g/mol. The van der Waals surface area contributed by atoms with Crippen LogP contribution in [0, 0.1) is 6.92 Å². The zero-order valence-corrected chi connectivity index (χ0v) is 14.6. The molecule has 4 rings (SSSR count). The fourth-order valence-electron chi connectivity index (χ4n) is 3.06. The van der Waals surface area contributed by atoms with Crippen molar-refractivity contribution in [3.63, 3.8) is 0 Å². The third kappa shape index (κ3) is 2.66. The van der Waals surface area contributed by atoms with Gasteiger partial charge in [0.2, 0.25) is 5.88 Å². The Morgan fingerprint density at radius 3 is 2.52 bits per heavy atom. The molecule has 1 aliphatic heterocycles. The summed E-state index contributed by atoms with van der Waals surface area (Å²) in [6, 6.07) is 18.3. The van der Waals surface area contributed by atoms with Gasteiger partial charge in [-0.05, 0) is 29.6 Å². The van der Waals surface area contributed by atoms with E-state index in [9.17, 15) is 0 Å². The van der Waals surface area contributed by atoms with Crippen LogP contribution in [0.15, 0.2) is 66.7 Å². The van der Waals surface area contributed by atoms with Crippen molar-refractivity contribution >= 4 is 11.8 Å². The minimum absolute atomic E-state index is 0.774. The Balaban J connectivity index is 1.72. The zero-order valence-electron chi connectivity index (χ0n) is 14.6. The maximum atomic E-state index is 5.97. The van der Waals surface area contributed by atoms with Gasteiger partial charge in [0.15, 0.2) is 11.9 Å². The minimum Gasteiger partial charge on any atom is -0.438 e. The van der Waals surface area contributed by atoms with E-state index in [0.717, 1.165) is 34.4 Å². The molecule has 3 aromatic rings. The molecule has 4 heteroatoms. The number of fused-ring (bicyclic) bond motifs is 1. The smallest absolute Gasteiger partial charge is 0.328 e. The van der Waals surface area contributed by atoms with Crippen LogP contribution in [0.2, 0.25) is 0 Å². The van der Waals surface area contributed by atoms with Gasteiger partial charge in [-0.2, -0.15) is 0 Å². The van der Waals surface area contributed by atoms with Gasteiger partial charge in [-0.25, -0.2) is 4.57 Å². The largest absolute Gasteiger partial charge is 0.438 e. The molecule has 0 aliphatic carbocycles. The van der Waals surface area contributed by atoms with E-state index < -0.39 is 0 Å². The number of benzene rings is 2. The van der Waals surface area contributed by atoms with Crippen LogP contribution in [0.4, 0.5) is 5.69 Å². The van der Waals surface area contributed by atoms with Crippen molar-refractivity contribution < 1.29 is 9.30 Å². The number of hydrogen-bond donors (Lipinski definition) is 0. The van der Waals surface area contributed by atoms with Gasteiger partial charge in [0.1, 0.15) is 5.69 Å². The van der Waals surface area contributed by atoms with Crippen LogP contribution in [-0.2, 0) is 7.05 Å². The minimum atomic E-state index is 0.774. The number of para-hydroxylation sites is 2. The van der Waals surface area contributed by atoms with E-state index in [1.165, 1.54) is 5.56 Å². The third-order valence-electron chi connectivity index (χ3n) is 4.67. The molecule has 0 saturated heterocycles. The van der Waals surface area contributed by atoms with E-state index in [1.807, 2.05) is 73.7 Å². The van der Waals surface area contributed by atoms with Gasteiger partial charge in [-0.15, -0.1) is 0 Å². The second kappa shape index (κ2) is 6.06. The Morgan fingerprint density at radius 2 is 1.76 bits per heavy atom. The molecule has 1 aliphatic rings. The Morgan fingerprint density at radius 1 is 1.04 bits per heavy atom. The number of ether oxygens (including phenoxy) is 1. The molecule has 2 heterocycles. The molecule has 0 fully saturated rings. The number of aromatic nitrogens is 2. The first-order valence-corrected chi connectivity index (χ1v) is 8.28. The number of rotatable bonds is 2. The molecule has 1 aromatic heterocycles. The van der Waals surface area contributed by atoms with Crippen molar-refractivity contribution in [1.82, 2.24) is 4.98 Å². The van der Waals surface area contributed by atoms with E-state index in [2.05, 4.69) is 28.6 Å². The number of nitrogens with zero attached hydrogens (tertiary/aromatic N) is 3. The van der Waals surface area contributed by atoms with Gasteiger partial charge in [0.25, 0.3) is 0 Å². The summed E-state index contributed by atoms with van der Waals surface area (Å²) in [5, 5.41) is 0. The number of anilines is 1. The highest BCUT2D eigenvalue weighted by Crippen LogP contribution is 2.37. The Bertz CT molecular complexity index is 964. The van der Waals surface area contributed by atoms with Crippen molar-refractivity contribution in [2.45, 2.75) is 6.92 Å². The van der Waals surface area contributed by atoms with E-state index in [0.29, 0.717) is 0 Å². The lowest BCUT2D eigenvalue weighted by Crippen LogP contribution is -2.37. The summed E-state index contributed by atoms with van der Waals surface area (Å²) in [6.45, 7) is 2.11. The van der Waals surface area contributed by atoms with Crippen molar-refractivity contribution in [2.24, 2.45) is 7.05 Å². The van der Waals surface area contributed by atoms with Crippen LogP contribution in [0.25, 0.3) is 17.2 Å². The zero-order chi connectivity index (χ0) is 17.4. The second-order valence-corrected chi connectivity index (χ2v) is 6.15. The van der Waals surface area contributed by atoms with Gasteiger partial charge in [0, 0.05) is 7.05 Å². The number of hydrogen-bond acceptors (Lipinski definition) is 3. The van der Waals surface area contributed by atoms with Gasteiger partial charge in [0.05, 0.1) is 24.4 Å². The average molecular weight is 330 g/mol. The summed E-state index contributed by atoms with van der Waals surface area (Å²) < 4.78 is 8.06. The predicted molar refractivity (Wildman–Crippen MR) is 99.0 cm³/mol. The molecule has 0 bridgehead atoms. The van der Waals surface area contributed by atoms with E-state index in [4.69, 9.17) is 4.74 Å². The van der Waals surface area contributed by atoms with Crippen LogP contribution in [-0.4, -0.2) is 12.0 Å². The molecule has 0 N–H and O–H groups in total. The Labute approximate surface area is 147 Å². The lowest BCUT2D eigenvalue weighted by atomic mass is 10.1. The summed E-state index contributed by atoms with van der Waals surface area (Å²) >= 11 is 0. The predicted octanol–water partition coefficient (Wildman–Crippen LogP) is 3.71. The third-order valence-corrected chi connectivity index (χ3v) is 4.67. The molecule has 4 nitrogen and oxygen atoms in total. The normalized spacial score (nSPS) is 14.5. The van der Waals surface area contributed by atoms with Crippen molar-refractivity contribution in [3.8, 4) is 16.9 Å². The Kier molecular flexibility index (Phi) is 3.73. The van der Waals surface area contributed by atoms with Crippen LogP contribution in [0.3, 0.4) is 0 Å². The summed E-state index contributed by atoms with van der Waals surface area (Å²) in [5.41, 5.74) is 4.53. The van der Waals surface area contributed by atoms with Gasteiger partial charge < -0.3 is 9.64 Å². The first-order valence-electron chi connectivity index (χ1n) is 8.28. The van der Waals surface area contributed by atoms with Gasteiger partial charge in [-0.3, -0.25) is 0 Å². The van der Waals surface area contributed by atoms with Gasteiger partial charge >= 0.3 is 5.82 Å². The maximum absolute atomic E-state index is 5.97. The van der Waals surface area contributed by atoms with E-state index in [-0.39, 0.29) is 0 Å². The van der Waals surface area contributed by atoms with E-state index >= 15 is 0 Å². The topological polar surface area (TPSA) is 29.2 Å². The molecule has 0 amide bonds. The van der Waals surface area contributed by atoms with Crippen LogP contribution < -0.4 is 14.2 Å². The lowest BCUT2D eigenvalue weighted by molar-refractivity contribution is -0.682. The summed E-state index contributed by atoms with van der Waals surface area (Å²) in [7, 11) is 4.03. The van der Waals surface area contributed by atoms with Crippen molar-refractivity contribution in [3.05, 3.63) is 78.2 Å². The molecule has 25 heavy (non-hydrogen) atoms. The van der Waals surface area contributed by atoms with Crippen LogP contribution in [0.5, 0.6) is 5.75 Å². The second-order valence-electron chi connectivity index (χ2n) is 6.15. The summed E-state index contributed by atoms with van der Waals surface area (Å²) in [4.78, 5) is 6.70. The Hall–Kier alpha value is -3.14. The quantitative estimate of drug-likeness (QED) is 0.671. The highest BCUT2D eigenvalue weighted by atomic mass is 16.5. The summed E-state index contributed by atoms with van der Waals surface area (Å²) in [6.07, 6.45) is 3.90.